The molecule has 1 heterocycles. The van der Waals surface area contributed by atoms with Crippen molar-refractivity contribution in [2.45, 2.75) is 6.92 Å². The van der Waals surface area contributed by atoms with E-state index in [2.05, 4.69) is 10.3 Å². The zero-order valence-corrected chi connectivity index (χ0v) is 10.4. The van der Waals surface area contributed by atoms with Crippen LogP contribution in [-0.4, -0.2) is 17.5 Å². The standard InChI is InChI=1S/C14H13FN2O2/c1-2-19-13-6-5-11(8-12(13)15)17-14(18)10-4-3-7-16-9-10/h3-9H,2H2,1H3,(H,17,18). The predicted octanol–water partition coefficient (Wildman–Crippen LogP) is 2.87. The van der Waals surface area contributed by atoms with Crippen LogP contribution in [0.3, 0.4) is 0 Å². The van der Waals surface area contributed by atoms with Crippen LogP contribution < -0.4 is 10.1 Å². The lowest BCUT2D eigenvalue weighted by Crippen LogP contribution is -2.12. The minimum Gasteiger partial charge on any atom is -0.491 e. The topological polar surface area (TPSA) is 51.2 Å². The highest BCUT2D eigenvalue weighted by atomic mass is 19.1. The number of amides is 1. The lowest BCUT2D eigenvalue weighted by molar-refractivity contribution is 0.102. The first kappa shape index (κ1) is 13.0. The molecule has 0 saturated carbocycles. The Balaban J connectivity index is 2.12. The molecule has 1 aromatic heterocycles. The number of hydrogen-bond acceptors (Lipinski definition) is 3. The van der Waals surface area contributed by atoms with E-state index in [1.165, 1.54) is 18.3 Å². The van der Waals surface area contributed by atoms with Crippen LogP contribution in [0, 0.1) is 5.82 Å². The SMILES string of the molecule is CCOc1ccc(NC(=O)c2cccnc2)cc1F. The number of carbonyl (C=O) groups is 1. The van der Waals surface area contributed by atoms with Gasteiger partial charge in [0, 0.05) is 24.1 Å². The quantitative estimate of drug-likeness (QED) is 0.919. The highest BCUT2D eigenvalue weighted by molar-refractivity contribution is 6.04. The molecule has 1 aromatic carbocycles. The number of halogens is 1. The van der Waals surface area contributed by atoms with Gasteiger partial charge in [0.2, 0.25) is 0 Å². The number of ether oxygens (including phenoxy) is 1. The minimum atomic E-state index is -0.508. The lowest BCUT2D eigenvalue weighted by atomic mass is 10.2. The van der Waals surface area contributed by atoms with Crippen molar-refractivity contribution in [1.82, 2.24) is 4.98 Å². The molecule has 0 aliphatic heterocycles. The number of pyridine rings is 1. The van der Waals surface area contributed by atoms with Crippen molar-refractivity contribution in [2.75, 3.05) is 11.9 Å². The Bertz CT molecular complexity index is 573. The van der Waals surface area contributed by atoms with Crippen molar-refractivity contribution in [3.8, 4) is 5.75 Å². The number of carbonyl (C=O) groups excluding carboxylic acids is 1. The van der Waals surface area contributed by atoms with Crippen molar-refractivity contribution >= 4 is 11.6 Å². The molecule has 98 valence electrons. The average molecular weight is 260 g/mol. The van der Waals surface area contributed by atoms with Gasteiger partial charge in [-0.2, -0.15) is 0 Å². The maximum Gasteiger partial charge on any atom is 0.257 e. The third kappa shape index (κ3) is 3.28. The first-order chi connectivity index (χ1) is 9.20. The van der Waals surface area contributed by atoms with Crippen LogP contribution in [0.4, 0.5) is 10.1 Å². The van der Waals surface area contributed by atoms with E-state index in [-0.39, 0.29) is 11.7 Å². The fourth-order valence-corrected chi connectivity index (χ4v) is 1.55. The Morgan fingerprint density at radius 3 is 2.89 bits per heavy atom. The van der Waals surface area contributed by atoms with Crippen LogP contribution >= 0.6 is 0 Å². The monoisotopic (exact) mass is 260 g/mol. The molecule has 0 bridgehead atoms. The largest absolute Gasteiger partial charge is 0.491 e. The molecular weight excluding hydrogens is 247 g/mol. The van der Waals surface area contributed by atoms with Crippen molar-refractivity contribution in [3.05, 3.63) is 54.1 Å². The number of aromatic nitrogens is 1. The highest BCUT2D eigenvalue weighted by Gasteiger charge is 2.08. The zero-order chi connectivity index (χ0) is 13.7. The Labute approximate surface area is 110 Å². The summed E-state index contributed by atoms with van der Waals surface area (Å²) in [7, 11) is 0. The van der Waals surface area contributed by atoms with E-state index in [4.69, 9.17) is 4.74 Å². The molecule has 0 unspecified atom stereocenters. The molecule has 2 rings (SSSR count). The van der Waals surface area contributed by atoms with Gasteiger partial charge >= 0.3 is 0 Å². The molecule has 4 nitrogen and oxygen atoms in total. The molecule has 0 atom stereocenters. The zero-order valence-electron chi connectivity index (χ0n) is 10.4. The number of benzene rings is 1. The van der Waals surface area contributed by atoms with E-state index in [1.807, 2.05) is 0 Å². The van der Waals surface area contributed by atoms with Crippen LogP contribution in [0.1, 0.15) is 17.3 Å². The second-order valence-electron chi connectivity index (χ2n) is 3.77. The van der Waals surface area contributed by atoms with Crippen molar-refractivity contribution in [3.63, 3.8) is 0 Å². The summed E-state index contributed by atoms with van der Waals surface area (Å²) in [6.07, 6.45) is 3.02. The maximum atomic E-state index is 13.6. The third-order valence-corrected chi connectivity index (χ3v) is 2.41. The van der Waals surface area contributed by atoms with Gasteiger partial charge in [0.15, 0.2) is 11.6 Å². The van der Waals surface area contributed by atoms with E-state index < -0.39 is 5.82 Å². The first-order valence-electron chi connectivity index (χ1n) is 5.84. The van der Waals surface area contributed by atoms with Gasteiger partial charge in [0.25, 0.3) is 5.91 Å². The molecule has 5 heteroatoms. The summed E-state index contributed by atoms with van der Waals surface area (Å²) in [6.45, 7) is 2.16. The van der Waals surface area contributed by atoms with Gasteiger partial charge in [-0.25, -0.2) is 4.39 Å². The van der Waals surface area contributed by atoms with Crippen molar-refractivity contribution < 1.29 is 13.9 Å². The van der Waals surface area contributed by atoms with Gasteiger partial charge in [0.1, 0.15) is 0 Å². The van der Waals surface area contributed by atoms with Gasteiger partial charge in [-0.3, -0.25) is 9.78 Å². The molecule has 0 spiro atoms. The normalized spacial score (nSPS) is 10.0. The van der Waals surface area contributed by atoms with E-state index in [0.29, 0.717) is 17.9 Å². The van der Waals surface area contributed by atoms with Gasteiger partial charge in [0.05, 0.1) is 12.2 Å². The molecule has 0 radical (unpaired) electrons. The van der Waals surface area contributed by atoms with Gasteiger partial charge < -0.3 is 10.1 Å². The van der Waals surface area contributed by atoms with E-state index in [9.17, 15) is 9.18 Å². The fraction of sp³-hybridized carbons (Fsp3) is 0.143. The Morgan fingerprint density at radius 1 is 1.42 bits per heavy atom. The molecule has 1 N–H and O–H groups in total. The summed E-state index contributed by atoms with van der Waals surface area (Å²) < 4.78 is 18.7. The molecule has 0 aliphatic rings. The Hall–Kier alpha value is -2.43. The van der Waals surface area contributed by atoms with Gasteiger partial charge in [-0.05, 0) is 31.2 Å². The Morgan fingerprint density at radius 2 is 2.26 bits per heavy atom. The summed E-state index contributed by atoms with van der Waals surface area (Å²) >= 11 is 0. The smallest absolute Gasteiger partial charge is 0.257 e. The van der Waals surface area contributed by atoms with E-state index in [0.717, 1.165) is 0 Å². The van der Waals surface area contributed by atoms with Crippen molar-refractivity contribution in [2.24, 2.45) is 0 Å². The lowest BCUT2D eigenvalue weighted by Gasteiger charge is -2.08. The molecule has 2 aromatic rings. The number of nitrogens with one attached hydrogen (secondary N) is 1. The number of hydrogen-bond donors (Lipinski definition) is 1. The number of rotatable bonds is 4. The highest BCUT2D eigenvalue weighted by Crippen LogP contribution is 2.21. The maximum absolute atomic E-state index is 13.6. The molecule has 0 aliphatic carbocycles. The van der Waals surface area contributed by atoms with E-state index >= 15 is 0 Å². The molecule has 1 amide bonds. The average Bonchev–Trinajstić information content (AvgIpc) is 2.43. The minimum absolute atomic E-state index is 0.168. The van der Waals surface area contributed by atoms with Crippen LogP contribution in [0.2, 0.25) is 0 Å². The summed E-state index contributed by atoms with van der Waals surface area (Å²) in [4.78, 5) is 15.7. The van der Waals surface area contributed by atoms with Gasteiger partial charge in [-0.15, -0.1) is 0 Å². The molecule has 19 heavy (non-hydrogen) atoms. The summed E-state index contributed by atoms with van der Waals surface area (Å²) in [5, 5.41) is 2.59. The second-order valence-corrected chi connectivity index (χ2v) is 3.77. The fourth-order valence-electron chi connectivity index (χ4n) is 1.55. The second kappa shape index (κ2) is 5.95. The van der Waals surface area contributed by atoms with Gasteiger partial charge in [-0.1, -0.05) is 0 Å². The predicted molar refractivity (Wildman–Crippen MR) is 69.8 cm³/mol. The van der Waals surface area contributed by atoms with Crippen LogP contribution in [-0.2, 0) is 0 Å². The van der Waals surface area contributed by atoms with Crippen molar-refractivity contribution in [1.29, 1.82) is 0 Å². The molecule has 0 saturated heterocycles. The number of anilines is 1. The third-order valence-electron chi connectivity index (χ3n) is 2.41. The van der Waals surface area contributed by atoms with Crippen LogP contribution in [0.5, 0.6) is 5.75 Å². The first-order valence-corrected chi connectivity index (χ1v) is 5.84. The summed E-state index contributed by atoms with van der Waals surface area (Å²) in [6, 6.07) is 7.58. The van der Waals surface area contributed by atoms with Crippen LogP contribution in [0.15, 0.2) is 42.7 Å². The van der Waals surface area contributed by atoms with E-state index in [1.54, 1.807) is 31.3 Å². The molecule has 0 fully saturated rings. The summed E-state index contributed by atoms with van der Waals surface area (Å²) in [5.41, 5.74) is 0.784. The van der Waals surface area contributed by atoms with Crippen LogP contribution in [0.25, 0.3) is 0 Å². The summed E-state index contributed by atoms with van der Waals surface area (Å²) in [5.74, 6) is -0.677. The Kier molecular flexibility index (Phi) is 4.07. The molecular formula is C14H13FN2O2. The number of nitrogens with zero attached hydrogens (tertiary/aromatic N) is 1.